The average molecular weight is 345 g/mol. The molecule has 0 aliphatic rings. The first-order chi connectivity index (χ1) is 11.5. The molecule has 0 fully saturated rings. The molecule has 1 unspecified atom stereocenters. The topological polar surface area (TPSA) is 83.4 Å². The molecule has 7 heteroatoms. The second kappa shape index (κ2) is 8.26. The van der Waals surface area contributed by atoms with E-state index in [0.717, 1.165) is 6.42 Å². The van der Waals surface area contributed by atoms with Crippen molar-refractivity contribution < 1.29 is 14.0 Å². The fourth-order valence-corrected chi connectivity index (χ4v) is 2.09. The summed E-state index contributed by atoms with van der Waals surface area (Å²) in [5.41, 5.74) is 1.12. The van der Waals surface area contributed by atoms with Crippen LogP contribution in [0.25, 0.3) is 0 Å². The number of hydrogen-bond acceptors (Lipinski definition) is 4. The monoisotopic (exact) mass is 345 g/mol. The first-order valence-corrected chi connectivity index (χ1v) is 7.97. The molecule has 0 radical (unpaired) electrons. The summed E-state index contributed by atoms with van der Waals surface area (Å²) in [6.45, 7) is 3.95. The minimum atomic E-state index is -0.442. The Morgan fingerprint density at radius 1 is 1.21 bits per heavy atom. The van der Waals surface area contributed by atoms with Crippen LogP contribution in [0.1, 0.15) is 41.2 Å². The normalized spacial score (nSPS) is 11.4. The molecule has 0 aliphatic heterocycles. The molecule has 0 saturated heterocycles. The zero-order valence-electron chi connectivity index (χ0n) is 13.5. The summed E-state index contributed by atoms with van der Waals surface area (Å²) in [4.78, 5) is 24.0. The molecule has 3 N–H and O–H groups in total. The smallest absolute Gasteiger partial charge is 0.293 e. The van der Waals surface area contributed by atoms with Crippen LogP contribution in [-0.2, 0) is 0 Å². The molecule has 1 aromatic carbocycles. The second-order valence-electron chi connectivity index (χ2n) is 5.25. The lowest BCUT2D eigenvalue weighted by Crippen LogP contribution is -2.34. The van der Waals surface area contributed by atoms with Crippen LogP contribution in [0.2, 0.25) is 0 Å². The molecule has 0 saturated carbocycles. The SMILES string of the molecule is CCC(C)NC(=O)c1cccc(NC(=S)NC(=O)c2ccco2)c1. The van der Waals surface area contributed by atoms with Crippen molar-refractivity contribution in [3.63, 3.8) is 0 Å². The number of nitrogens with one attached hydrogen (secondary N) is 3. The summed E-state index contributed by atoms with van der Waals surface area (Å²) in [5.74, 6) is -0.428. The van der Waals surface area contributed by atoms with Crippen molar-refractivity contribution in [3.05, 3.63) is 54.0 Å². The van der Waals surface area contributed by atoms with Gasteiger partial charge in [0.25, 0.3) is 11.8 Å². The van der Waals surface area contributed by atoms with Gasteiger partial charge in [-0.25, -0.2) is 0 Å². The Morgan fingerprint density at radius 3 is 2.67 bits per heavy atom. The third kappa shape index (κ3) is 4.92. The predicted octanol–water partition coefficient (Wildman–Crippen LogP) is 2.93. The molecule has 1 aromatic heterocycles. The Hall–Kier alpha value is -2.67. The van der Waals surface area contributed by atoms with Crippen LogP contribution in [0.15, 0.2) is 47.1 Å². The first kappa shape index (κ1) is 17.7. The number of benzene rings is 1. The van der Waals surface area contributed by atoms with Gasteiger partial charge in [0, 0.05) is 17.3 Å². The number of carbonyl (C=O) groups excluding carboxylic acids is 2. The minimum absolute atomic E-state index is 0.0998. The summed E-state index contributed by atoms with van der Waals surface area (Å²) < 4.78 is 4.99. The number of hydrogen-bond donors (Lipinski definition) is 3. The molecule has 6 nitrogen and oxygen atoms in total. The third-order valence-electron chi connectivity index (χ3n) is 3.34. The molecule has 2 aromatic rings. The van der Waals surface area contributed by atoms with Gasteiger partial charge in [0.15, 0.2) is 10.9 Å². The molecule has 126 valence electrons. The molecular weight excluding hydrogens is 326 g/mol. The van der Waals surface area contributed by atoms with Crippen molar-refractivity contribution in [1.82, 2.24) is 10.6 Å². The van der Waals surface area contributed by atoms with Crippen molar-refractivity contribution in [2.45, 2.75) is 26.3 Å². The molecule has 2 rings (SSSR count). The largest absolute Gasteiger partial charge is 0.459 e. The number of carbonyl (C=O) groups is 2. The molecule has 1 atom stereocenters. The van der Waals surface area contributed by atoms with E-state index in [1.807, 2.05) is 13.8 Å². The summed E-state index contributed by atoms with van der Waals surface area (Å²) in [6, 6.07) is 10.1. The Kier molecular flexibility index (Phi) is 6.08. The first-order valence-electron chi connectivity index (χ1n) is 7.56. The maximum Gasteiger partial charge on any atom is 0.293 e. The van der Waals surface area contributed by atoms with Gasteiger partial charge in [-0.15, -0.1) is 0 Å². The Balaban J connectivity index is 1.97. The van der Waals surface area contributed by atoms with Crippen molar-refractivity contribution in [2.75, 3.05) is 5.32 Å². The van der Waals surface area contributed by atoms with Gasteiger partial charge >= 0.3 is 0 Å². The van der Waals surface area contributed by atoms with E-state index in [0.29, 0.717) is 11.3 Å². The zero-order valence-corrected chi connectivity index (χ0v) is 14.3. The van der Waals surface area contributed by atoms with Crippen LogP contribution >= 0.6 is 12.2 Å². The highest BCUT2D eigenvalue weighted by Gasteiger charge is 2.12. The van der Waals surface area contributed by atoms with Gasteiger partial charge in [-0.1, -0.05) is 13.0 Å². The van der Waals surface area contributed by atoms with Gasteiger partial charge in [-0.2, -0.15) is 0 Å². The van der Waals surface area contributed by atoms with Gasteiger partial charge in [0.05, 0.1) is 6.26 Å². The zero-order chi connectivity index (χ0) is 17.5. The van der Waals surface area contributed by atoms with E-state index in [2.05, 4.69) is 16.0 Å². The highest BCUT2D eigenvalue weighted by molar-refractivity contribution is 7.80. The Bertz CT molecular complexity index is 728. The quantitative estimate of drug-likeness (QED) is 0.726. The molecule has 0 spiro atoms. The average Bonchev–Trinajstić information content (AvgIpc) is 3.09. The number of rotatable bonds is 5. The number of furan rings is 1. The van der Waals surface area contributed by atoms with Crippen LogP contribution in [0.5, 0.6) is 0 Å². The van der Waals surface area contributed by atoms with Crippen LogP contribution in [0.4, 0.5) is 5.69 Å². The standard InChI is InChI=1S/C17H19N3O3S/c1-3-11(2)18-15(21)12-6-4-7-13(10-12)19-17(24)20-16(22)14-8-5-9-23-14/h4-11H,3H2,1-2H3,(H,18,21)(H2,19,20,22,24). The van der Waals surface area contributed by atoms with E-state index >= 15 is 0 Å². The fourth-order valence-electron chi connectivity index (χ4n) is 1.88. The predicted molar refractivity (Wildman–Crippen MR) is 96.1 cm³/mol. The van der Waals surface area contributed by atoms with E-state index in [4.69, 9.17) is 16.6 Å². The summed E-state index contributed by atoms with van der Waals surface area (Å²) in [5, 5.41) is 8.40. The lowest BCUT2D eigenvalue weighted by Gasteiger charge is -2.13. The van der Waals surface area contributed by atoms with Crippen molar-refractivity contribution in [2.24, 2.45) is 0 Å². The van der Waals surface area contributed by atoms with Crippen LogP contribution in [-0.4, -0.2) is 23.0 Å². The third-order valence-corrected chi connectivity index (χ3v) is 3.55. The van der Waals surface area contributed by atoms with Gasteiger partial charge < -0.3 is 15.1 Å². The van der Waals surface area contributed by atoms with Crippen molar-refractivity contribution in [1.29, 1.82) is 0 Å². The Morgan fingerprint density at radius 2 is 2.00 bits per heavy atom. The van der Waals surface area contributed by atoms with Crippen molar-refractivity contribution in [3.8, 4) is 0 Å². The Labute approximate surface area is 145 Å². The van der Waals surface area contributed by atoms with Gasteiger partial charge in [0.1, 0.15) is 0 Å². The highest BCUT2D eigenvalue weighted by Crippen LogP contribution is 2.11. The van der Waals surface area contributed by atoms with E-state index in [9.17, 15) is 9.59 Å². The molecular formula is C17H19N3O3S. The fraction of sp³-hybridized carbons (Fsp3) is 0.235. The van der Waals surface area contributed by atoms with Crippen molar-refractivity contribution >= 4 is 34.8 Å². The summed E-state index contributed by atoms with van der Waals surface area (Å²) >= 11 is 5.10. The van der Waals surface area contributed by atoms with E-state index in [1.54, 1.807) is 30.3 Å². The van der Waals surface area contributed by atoms with Gasteiger partial charge in [-0.05, 0) is 55.9 Å². The summed E-state index contributed by atoms with van der Waals surface area (Å²) in [6.07, 6.45) is 2.26. The maximum absolute atomic E-state index is 12.1. The number of thiocarbonyl (C=S) groups is 1. The van der Waals surface area contributed by atoms with Gasteiger partial charge in [-0.3, -0.25) is 14.9 Å². The molecule has 0 bridgehead atoms. The maximum atomic E-state index is 12.1. The lowest BCUT2D eigenvalue weighted by atomic mass is 10.1. The van der Waals surface area contributed by atoms with Crippen LogP contribution in [0, 0.1) is 0 Å². The lowest BCUT2D eigenvalue weighted by molar-refractivity contribution is 0.0935. The number of amides is 2. The van der Waals surface area contributed by atoms with Gasteiger partial charge in [0.2, 0.25) is 0 Å². The van der Waals surface area contributed by atoms with Crippen LogP contribution < -0.4 is 16.0 Å². The molecule has 1 heterocycles. The second-order valence-corrected chi connectivity index (χ2v) is 5.66. The van der Waals surface area contributed by atoms with Crippen LogP contribution in [0.3, 0.4) is 0 Å². The highest BCUT2D eigenvalue weighted by atomic mass is 32.1. The molecule has 0 aliphatic carbocycles. The summed E-state index contributed by atoms with van der Waals surface area (Å²) in [7, 11) is 0. The van der Waals surface area contributed by atoms with E-state index in [1.165, 1.54) is 12.3 Å². The molecule has 24 heavy (non-hydrogen) atoms. The van der Waals surface area contributed by atoms with E-state index < -0.39 is 5.91 Å². The molecule has 2 amide bonds. The number of anilines is 1. The van der Waals surface area contributed by atoms with E-state index in [-0.39, 0.29) is 22.8 Å². The minimum Gasteiger partial charge on any atom is -0.459 e.